The molecule has 2 heterocycles. The standard InChI is InChI=1S/C16H20ClN5O/c1-10-7-15(21-16(19)20-10)22-5-2-6-23-9-14(22)12-4-3-11(18)8-13(12)17/h3-4,7-8,14H,2,5-6,9,18H2,1H3,(H2,19,20,21). The molecule has 1 saturated heterocycles. The van der Waals surface area contributed by atoms with Crippen LogP contribution >= 0.6 is 11.6 Å². The first-order valence-electron chi connectivity index (χ1n) is 7.55. The molecular formula is C16H20ClN5O. The number of aromatic nitrogens is 2. The van der Waals surface area contributed by atoms with E-state index in [2.05, 4.69) is 14.9 Å². The van der Waals surface area contributed by atoms with Crippen LogP contribution in [-0.4, -0.2) is 29.7 Å². The van der Waals surface area contributed by atoms with Crippen molar-refractivity contribution in [3.63, 3.8) is 0 Å². The van der Waals surface area contributed by atoms with Gasteiger partial charge in [-0.2, -0.15) is 4.98 Å². The smallest absolute Gasteiger partial charge is 0.222 e. The molecule has 122 valence electrons. The zero-order chi connectivity index (χ0) is 16.4. The second-order valence-corrected chi connectivity index (χ2v) is 6.05. The third kappa shape index (κ3) is 3.48. The van der Waals surface area contributed by atoms with Crippen LogP contribution in [-0.2, 0) is 4.74 Å². The van der Waals surface area contributed by atoms with Gasteiger partial charge in [-0.25, -0.2) is 4.98 Å². The van der Waals surface area contributed by atoms with Crippen molar-refractivity contribution in [1.29, 1.82) is 0 Å². The Morgan fingerprint density at radius 2 is 2.09 bits per heavy atom. The molecule has 1 unspecified atom stereocenters. The molecular weight excluding hydrogens is 314 g/mol. The number of aryl methyl sites for hydroxylation is 1. The first-order chi connectivity index (χ1) is 11.0. The summed E-state index contributed by atoms with van der Waals surface area (Å²) in [6.07, 6.45) is 0.909. The number of halogens is 1. The first-order valence-corrected chi connectivity index (χ1v) is 7.93. The van der Waals surface area contributed by atoms with Crippen LogP contribution in [0.2, 0.25) is 5.02 Å². The van der Waals surface area contributed by atoms with Crippen molar-refractivity contribution in [3.05, 3.63) is 40.5 Å². The molecule has 1 aliphatic heterocycles. The minimum atomic E-state index is -0.0423. The summed E-state index contributed by atoms with van der Waals surface area (Å²) in [7, 11) is 0. The van der Waals surface area contributed by atoms with E-state index < -0.39 is 0 Å². The third-order valence-corrected chi connectivity index (χ3v) is 4.20. The van der Waals surface area contributed by atoms with Gasteiger partial charge in [0.15, 0.2) is 0 Å². The molecule has 2 aromatic rings. The van der Waals surface area contributed by atoms with E-state index in [0.29, 0.717) is 23.9 Å². The van der Waals surface area contributed by atoms with Crippen LogP contribution in [0.3, 0.4) is 0 Å². The number of hydrogen-bond donors (Lipinski definition) is 2. The van der Waals surface area contributed by atoms with Crippen molar-refractivity contribution >= 4 is 29.1 Å². The Kier molecular flexibility index (Phi) is 4.54. The predicted octanol–water partition coefficient (Wildman–Crippen LogP) is 2.57. The van der Waals surface area contributed by atoms with Crippen molar-refractivity contribution in [1.82, 2.24) is 9.97 Å². The number of rotatable bonds is 2. The molecule has 0 amide bonds. The lowest BCUT2D eigenvalue weighted by Crippen LogP contribution is -2.32. The zero-order valence-electron chi connectivity index (χ0n) is 13.0. The van der Waals surface area contributed by atoms with Crippen LogP contribution in [0, 0.1) is 6.92 Å². The Balaban J connectivity index is 2.03. The Morgan fingerprint density at radius 3 is 2.83 bits per heavy atom. The maximum atomic E-state index is 6.41. The average Bonchev–Trinajstić information content (AvgIpc) is 2.72. The second-order valence-electron chi connectivity index (χ2n) is 5.64. The van der Waals surface area contributed by atoms with E-state index in [-0.39, 0.29) is 12.0 Å². The van der Waals surface area contributed by atoms with Crippen LogP contribution in [0.15, 0.2) is 24.3 Å². The number of benzene rings is 1. The van der Waals surface area contributed by atoms with Gasteiger partial charge in [-0.1, -0.05) is 17.7 Å². The number of nitrogens with two attached hydrogens (primary N) is 2. The molecule has 0 radical (unpaired) electrons. The number of hydrogen-bond acceptors (Lipinski definition) is 6. The number of ether oxygens (including phenoxy) is 1. The summed E-state index contributed by atoms with van der Waals surface area (Å²) in [4.78, 5) is 10.7. The van der Waals surface area contributed by atoms with Gasteiger partial charge in [0.2, 0.25) is 5.95 Å². The quantitative estimate of drug-likeness (QED) is 0.821. The number of nitrogen functional groups attached to an aromatic ring is 2. The molecule has 0 aliphatic carbocycles. The molecule has 4 N–H and O–H groups in total. The van der Waals surface area contributed by atoms with E-state index in [9.17, 15) is 0 Å². The largest absolute Gasteiger partial charge is 0.399 e. The lowest BCUT2D eigenvalue weighted by atomic mass is 10.0. The molecule has 6 nitrogen and oxygen atoms in total. The Hall–Kier alpha value is -2.05. The van der Waals surface area contributed by atoms with Gasteiger partial charge in [-0.3, -0.25) is 0 Å². The summed E-state index contributed by atoms with van der Waals surface area (Å²) >= 11 is 6.41. The summed E-state index contributed by atoms with van der Waals surface area (Å²) in [6, 6.07) is 7.45. The minimum absolute atomic E-state index is 0.0423. The molecule has 0 bridgehead atoms. The Morgan fingerprint density at radius 1 is 1.26 bits per heavy atom. The topological polar surface area (TPSA) is 90.3 Å². The maximum Gasteiger partial charge on any atom is 0.222 e. The van der Waals surface area contributed by atoms with Crippen molar-refractivity contribution in [2.75, 3.05) is 36.1 Å². The monoisotopic (exact) mass is 333 g/mol. The van der Waals surface area contributed by atoms with Crippen molar-refractivity contribution in [2.24, 2.45) is 0 Å². The van der Waals surface area contributed by atoms with E-state index in [0.717, 1.165) is 30.0 Å². The fourth-order valence-electron chi connectivity index (χ4n) is 2.84. The van der Waals surface area contributed by atoms with Gasteiger partial charge in [0, 0.05) is 35.6 Å². The Bertz CT molecular complexity index is 689. The highest BCUT2D eigenvalue weighted by molar-refractivity contribution is 6.31. The summed E-state index contributed by atoms with van der Waals surface area (Å²) in [6.45, 7) is 3.95. The minimum Gasteiger partial charge on any atom is -0.399 e. The van der Waals surface area contributed by atoms with Crippen LogP contribution in [0.1, 0.15) is 23.7 Å². The van der Waals surface area contributed by atoms with Gasteiger partial charge in [-0.15, -0.1) is 0 Å². The van der Waals surface area contributed by atoms with Crippen molar-refractivity contribution in [3.8, 4) is 0 Å². The highest BCUT2D eigenvalue weighted by atomic mass is 35.5. The van der Waals surface area contributed by atoms with Crippen LogP contribution < -0.4 is 16.4 Å². The average molecular weight is 334 g/mol. The molecule has 1 aliphatic rings. The Labute approximate surface area is 140 Å². The van der Waals surface area contributed by atoms with Gasteiger partial charge in [0.05, 0.1) is 12.6 Å². The van der Waals surface area contributed by atoms with Gasteiger partial charge < -0.3 is 21.1 Å². The van der Waals surface area contributed by atoms with E-state index >= 15 is 0 Å². The van der Waals surface area contributed by atoms with Gasteiger partial charge in [0.1, 0.15) is 5.82 Å². The fraction of sp³-hybridized carbons (Fsp3) is 0.375. The van der Waals surface area contributed by atoms with Crippen molar-refractivity contribution in [2.45, 2.75) is 19.4 Å². The zero-order valence-corrected chi connectivity index (χ0v) is 13.8. The predicted molar refractivity (Wildman–Crippen MR) is 92.6 cm³/mol. The van der Waals surface area contributed by atoms with Crippen molar-refractivity contribution < 1.29 is 4.74 Å². The molecule has 1 fully saturated rings. The summed E-state index contributed by atoms with van der Waals surface area (Å²) in [5.41, 5.74) is 14.1. The highest BCUT2D eigenvalue weighted by Crippen LogP contribution is 2.33. The maximum absolute atomic E-state index is 6.41. The number of nitrogens with zero attached hydrogens (tertiary/aromatic N) is 3. The molecule has 1 atom stereocenters. The molecule has 1 aromatic heterocycles. The molecule has 7 heteroatoms. The summed E-state index contributed by atoms with van der Waals surface area (Å²) in [5, 5.41) is 0.629. The SMILES string of the molecule is Cc1cc(N2CCCOCC2c2ccc(N)cc2Cl)nc(N)n1. The molecule has 1 aromatic carbocycles. The third-order valence-electron chi connectivity index (χ3n) is 3.88. The second kappa shape index (κ2) is 6.60. The lowest BCUT2D eigenvalue weighted by Gasteiger charge is -2.31. The normalized spacial score (nSPS) is 18.7. The van der Waals surface area contributed by atoms with Gasteiger partial charge in [0.25, 0.3) is 0 Å². The van der Waals surface area contributed by atoms with Crippen LogP contribution in [0.4, 0.5) is 17.5 Å². The number of anilines is 3. The highest BCUT2D eigenvalue weighted by Gasteiger charge is 2.26. The van der Waals surface area contributed by atoms with E-state index in [1.807, 2.05) is 25.1 Å². The molecule has 0 saturated carbocycles. The lowest BCUT2D eigenvalue weighted by molar-refractivity contribution is 0.134. The van der Waals surface area contributed by atoms with E-state index in [1.165, 1.54) is 0 Å². The van der Waals surface area contributed by atoms with Crippen LogP contribution in [0.5, 0.6) is 0 Å². The summed E-state index contributed by atoms with van der Waals surface area (Å²) in [5.74, 6) is 1.06. The van der Waals surface area contributed by atoms with E-state index in [1.54, 1.807) is 6.07 Å². The summed E-state index contributed by atoms with van der Waals surface area (Å²) < 4.78 is 5.75. The van der Waals surface area contributed by atoms with Gasteiger partial charge >= 0.3 is 0 Å². The molecule has 23 heavy (non-hydrogen) atoms. The van der Waals surface area contributed by atoms with Crippen LogP contribution in [0.25, 0.3) is 0 Å². The fourth-order valence-corrected chi connectivity index (χ4v) is 3.16. The van der Waals surface area contributed by atoms with E-state index in [4.69, 9.17) is 27.8 Å². The molecule has 0 spiro atoms. The molecule has 3 rings (SSSR count). The first kappa shape index (κ1) is 15.8. The van der Waals surface area contributed by atoms with Gasteiger partial charge in [-0.05, 0) is 31.0 Å².